The van der Waals surface area contributed by atoms with Crippen LogP contribution in [0.1, 0.15) is 28.0 Å². The third-order valence-corrected chi connectivity index (χ3v) is 4.00. The van der Waals surface area contributed by atoms with Gasteiger partial charge in [-0.25, -0.2) is 9.78 Å². The van der Waals surface area contributed by atoms with E-state index in [1.165, 1.54) is 11.3 Å². The van der Waals surface area contributed by atoms with Gasteiger partial charge in [-0.05, 0) is 19.4 Å². The van der Waals surface area contributed by atoms with E-state index in [0.717, 1.165) is 4.90 Å². The smallest absolute Gasteiger partial charge is 0.348 e. The van der Waals surface area contributed by atoms with Crippen molar-refractivity contribution in [2.24, 2.45) is 0 Å². The Balaban J connectivity index is 2.56. The standard InChI is InChI=1S/C13H17N3O3S/c1-5-19-13(18)10-7(2)9-11(17)14-8(6-16(3)4)15-12(9)20-10/h5-6H2,1-4H3,(H,14,15,17)/p+1. The minimum atomic E-state index is -0.396. The summed E-state index contributed by atoms with van der Waals surface area (Å²) in [5, 5.41) is 0.482. The lowest BCUT2D eigenvalue weighted by molar-refractivity contribution is -0.873. The van der Waals surface area contributed by atoms with Crippen LogP contribution in [0.2, 0.25) is 0 Å². The normalized spacial score (nSPS) is 11.2. The van der Waals surface area contributed by atoms with E-state index in [4.69, 9.17) is 4.74 Å². The van der Waals surface area contributed by atoms with Crippen LogP contribution < -0.4 is 10.5 Å². The molecule has 0 bridgehead atoms. The van der Waals surface area contributed by atoms with Gasteiger partial charge in [-0.15, -0.1) is 11.3 Å². The van der Waals surface area contributed by atoms with Crippen molar-refractivity contribution in [1.29, 1.82) is 0 Å². The van der Waals surface area contributed by atoms with Gasteiger partial charge in [0.1, 0.15) is 16.3 Å². The van der Waals surface area contributed by atoms with E-state index in [0.29, 0.717) is 39.6 Å². The topological polar surface area (TPSA) is 76.5 Å². The highest BCUT2D eigenvalue weighted by Gasteiger charge is 2.20. The average molecular weight is 296 g/mol. The summed E-state index contributed by atoms with van der Waals surface area (Å²) in [6, 6.07) is 0. The molecule has 2 N–H and O–H groups in total. The lowest BCUT2D eigenvalue weighted by Gasteiger charge is -2.05. The molecule has 0 unspecified atom stereocenters. The van der Waals surface area contributed by atoms with Crippen molar-refractivity contribution in [2.45, 2.75) is 20.4 Å². The van der Waals surface area contributed by atoms with Crippen molar-refractivity contribution in [3.8, 4) is 0 Å². The second-order valence-electron chi connectivity index (χ2n) is 4.85. The Labute approximate surface area is 120 Å². The van der Waals surface area contributed by atoms with E-state index in [2.05, 4.69) is 9.97 Å². The van der Waals surface area contributed by atoms with Crippen LogP contribution in [0.3, 0.4) is 0 Å². The fraction of sp³-hybridized carbons (Fsp3) is 0.462. The van der Waals surface area contributed by atoms with Crippen molar-refractivity contribution in [3.63, 3.8) is 0 Å². The predicted molar refractivity (Wildman–Crippen MR) is 77.4 cm³/mol. The summed E-state index contributed by atoms with van der Waals surface area (Å²) in [6.45, 7) is 4.44. The largest absolute Gasteiger partial charge is 0.462 e. The van der Waals surface area contributed by atoms with Gasteiger partial charge in [-0.3, -0.25) is 4.79 Å². The third kappa shape index (κ3) is 2.73. The van der Waals surface area contributed by atoms with Gasteiger partial charge in [0.2, 0.25) is 0 Å². The maximum absolute atomic E-state index is 12.1. The number of carbonyl (C=O) groups is 1. The lowest BCUT2D eigenvalue weighted by Crippen LogP contribution is -3.04. The summed E-state index contributed by atoms with van der Waals surface area (Å²) in [7, 11) is 3.96. The van der Waals surface area contributed by atoms with Crippen LogP contribution >= 0.6 is 11.3 Å². The van der Waals surface area contributed by atoms with Gasteiger partial charge in [-0.2, -0.15) is 0 Å². The fourth-order valence-electron chi connectivity index (χ4n) is 2.00. The van der Waals surface area contributed by atoms with Crippen LogP contribution in [-0.4, -0.2) is 36.6 Å². The fourth-order valence-corrected chi connectivity index (χ4v) is 3.09. The summed E-state index contributed by atoms with van der Waals surface area (Å²) in [6.07, 6.45) is 0. The zero-order valence-corrected chi connectivity index (χ0v) is 12.8. The molecular formula is C13H18N3O3S+. The molecular weight excluding hydrogens is 278 g/mol. The zero-order chi connectivity index (χ0) is 14.9. The summed E-state index contributed by atoms with van der Waals surface area (Å²) in [5.74, 6) is 0.228. The van der Waals surface area contributed by atoms with Crippen molar-refractivity contribution in [3.05, 3.63) is 26.6 Å². The molecule has 108 valence electrons. The van der Waals surface area contributed by atoms with Crippen LogP contribution in [0, 0.1) is 6.92 Å². The Kier molecular flexibility index (Phi) is 4.20. The van der Waals surface area contributed by atoms with Crippen LogP contribution in [0.5, 0.6) is 0 Å². The van der Waals surface area contributed by atoms with Crippen molar-refractivity contribution in [2.75, 3.05) is 20.7 Å². The average Bonchev–Trinajstić information content (AvgIpc) is 2.66. The first-order valence-corrected chi connectivity index (χ1v) is 7.24. The number of carbonyl (C=O) groups excluding carboxylic acids is 1. The second-order valence-corrected chi connectivity index (χ2v) is 5.85. The Hall–Kier alpha value is -1.73. The van der Waals surface area contributed by atoms with Gasteiger partial charge < -0.3 is 14.6 Å². The molecule has 0 saturated carbocycles. The number of esters is 1. The molecule has 0 atom stereocenters. The van der Waals surface area contributed by atoms with Gasteiger partial charge in [0.25, 0.3) is 5.56 Å². The Morgan fingerprint density at radius 3 is 2.75 bits per heavy atom. The van der Waals surface area contributed by atoms with Gasteiger partial charge in [0, 0.05) is 0 Å². The first-order chi connectivity index (χ1) is 9.43. The summed E-state index contributed by atoms with van der Waals surface area (Å²) in [5.41, 5.74) is 0.441. The predicted octanol–water partition coefficient (Wildman–Crippen LogP) is 0.114. The number of ether oxygens (including phenoxy) is 1. The summed E-state index contributed by atoms with van der Waals surface area (Å²) >= 11 is 1.21. The number of hydrogen-bond acceptors (Lipinski definition) is 5. The van der Waals surface area contributed by atoms with Crippen molar-refractivity contribution < 1.29 is 14.4 Å². The maximum Gasteiger partial charge on any atom is 0.348 e. The Morgan fingerprint density at radius 2 is 2.15 bits per heavy atom. The molecule has 2 rings (SSSR count). The number of rotatable bonds is 4. The quantitative estimate of drug-likeness (QED) is 0.786. The molecule has 2 heterocycles. The first-order valence-electron chi connectivity index (χ1n) is 6.42. The number of nitrogens with zero attached hydrogens (tertiary/aromatic N) is 1. The van der Waals surface area contributed by atoms with E-state index in [9.17, 15) is 9.59 Å². The molecule has 2 aromatic rings. The maximum atomic E-state index is 12.1. The van der Waals surface area contributed by atoms with Gasteiger partial charge >= 0.3 is 5.97 Å². The molecule has 0 aliphatic rings. The summed E-state index contributed by atoms with van der Waals surface area (Å²) in [4.78, 5) is 33.4. The number of thiophene rings is 1. The SMILES string of the molecule is CCOC(=O)c1sc2nc(C[NH+](C)C)[nH]c(=O)c2c1C. The number of aromatic nitrogens is 2. The molecule has 0 saturated heterocycles. The lowest BCUT2D eigenvalue weighted by atomic mass is 10.2. The molecule has 0 aromatic carbocycles. The highest BCUT2D eigenvalue weighted by molar-refractivity contribution is 7.20. The molecule has 0 aliphatic carbocycles. The molecule has 0 fully saturated rings. The molecule has 0 amide bonds. The molecule has 2 aromatic heterocycles. The van der Waals surface area contributed by atoms with Gasteiger partial charge in [0.05, 0.1) is 26.1 Å². The molecule has 7 heteroatoms. The molecule has 20 heavy (non-hydrogen) atoms. The minimum absolute atomic E-state index is 0.199. The number of fused-ring (bicyclic) bond motifs is 1. The van der Waals surface area contributed by atoms with Crippen LogP contribution in [0.15, 0.2) is 4.79 Å². The van der Waals surface area contributed by atoms with E-state index < -0.39 is 5.97 Å². The second kappa shape index (κ2) is 5.72. The number of H-pyrrole nitrogens is 1. The van der Waals surface area contributed by atoms with E-state index in [-0.39, 0.29) is 5.56 Å². The van der Waals surface area contributed by atoms with Crippen LogP contribution in [0.25, 0.3) is 10.2 Å². The number of nitrogens with one attached hydrogen (secondary N) is 2. The van der Waals surface area contributed by atoms with Gasteiger partial charge in [-0.1, -0.05) is 0 Å². The zero-order valence-electron chi connectivity index (χ0n) is 12.0. The third-order valence-electron chi connectivity index (χ3n) is 2.83. The highest BCUT2D eigenvalue weighted by Crippen LogP contribution is 2.27. The van der Waals surface area contributed by atoms with Gasteiger partial charge in [0.15, 0.2) is 5.82 Å². The molecule has 0 radical (unpaired) electrons. The van der Waals surface area contributed by atoms with Crippen molar-refractivity contribution in [1.82, 2.24) is 9.97 Å². The number of quaternary nitrogens is 1. The monoisotopic (exact) mass is 296 g/mol. The first kappa shape index (κ1) is 14.7. The number of hydrogen-bond donors (Lipinski definition) is 2. The van der Waals surface area contributed by atoms with E-state index in [1.54, 1.807) is 13.8 Å². The Bertz CT molecular complexity index is 703. The van der Waals surface area contributed by atoms with E-state index in [1.807, 2.05) is 14.1 Å². The van der Waals surface area contributed by atoms with Crippen molar-refractivity contribution >= 4 is 27.5 Å². The number of aromatic amines is 1. The highest BCUT2D eigenvalue weighted by atomic mass is 32.1. The molecule has 0 spiro atoms. The Morgan fingerprint density at radius 1 is 1.45 bits per heavy atom. The van der Waals surface area contributed by atoms with E-state index >= 15 is 0 Å². The number of aryl methyl sites for hydroxylation is 1. The van der Waals surface area contributed by atoms with Crippen LogP contribution in [-0.2, 0) is 11.3 Å². The molecule has 0 aliphatic heterocycles. The molecule has 6 nitrogen and oxygen atoms in total. The van der Waals surface area contributed by atoms with Crippen LogP contribution in [0.4, 0.5) is 0 Å². The minimum Gasteiger partial charge on any atom is -0.462 e. The summed E-state index contributed by atoms with van der Waals surface area (Å²) < 4.78 is 5.00.